The van der Waals surface area contributed by atoms with Crippen LogP contribution in [0.4, 0.5) is 5.69 Å². The maximum Gasteiger partial charge on any atom is 0.244 e. The normalized spacial score (nSPS) is 10.3. The van der Waals surface area contributed by atoms with Crippen molar-refractivity contribution in [2.75, 3.05) is 31.8 Å². The van der Waals surface area contributed by atoms with E-state index in [1.54, 1.807) is 25.2 Å². The van der Waals surface area contributed by atoms with Gasteiger partial charge in [0.05, 0.1) is 25.1 Å². The van der Waals surface area contributed by atoms with E-state index >= 15 is 0 Å². The van der Waals surface area contributed by atoms with Gasteiger partial charge in [0.1, 0.15) is 5.75 Å². The van der Waals surface area contributed by atoms with Crippen LogP contribution in [0.2, 0.25) is 5.02 Å². The summed E-state index contributed by atoms with van der Waals surface area (Å²) in [6.45, 7) is 1.95. The number of carbonyl (C=O) groups excluding carboxylic acids is 2. The summed E-state index contributed by atoms with van der Waals surface area (Å²) >= 11 is 7.41. The molecule has 2 aromatic rings. The highest BCUT2D eigenvalue weighted by molar-refractivity contribution is 8.00. The van der Waals surface area contributed by atoms with Crippen molar-refractivity contribution in [3.05, 3.63) is 53.1 Å². The Morgan fingerprint density at radius 3 is 2.65 bits per heavy atom. The number of likely N-dealkylation sites (N-methyl/N-ethyl adjacent to an activating group) is 1. The van der Waals surface area contributed by atoms with Gasteiger partial charge >= 0.3 is 0 Å². The van der Waals surface area contributed by atoms with Gasteiger partial charge in [-0.1, -0.05) is 29.8 Å². The van der Waals surface area contributed by atoms with Gasteiger partial charge in [-0.15, -0.1) is 11.8 Å². The molecule has 5 nitrogen and oxygen atoms in total. The molecule has 138 valence electrons. The van der Waals surface area contributed by atoms with Gasteiger partial charge in [-0.25, -0.2) is 0 Å². The molecule has 0 aromatic heterocycles. The molecule has 0 aliphatic rings. The number of hydrogen-bond acceptors (Lipinski definition) is 4. The van der Waals surface area contributed by atoms with Crippen LogP contribution in [0.3, 0.4) is 0 Å². The quantitative estimate of drug-likeness (QED) is 0.727. The van der Waals surface area contributed by atoms with E-state index in [0.29, 0.717) is 16.5 Å². The lowest BCUT2D eigenvalue weighted by molar-refractivity contribution is -0.131. The van der Waals surface area contributed by atoms with Crippen molar-refractivity contribution in [3.8, 4) is 5.75 Å². The number of rotatable bonds is 7. The van der Waals surface area contributed by atoms with Crippen LogP contribution < -0.4 is 10.1 Å². The molecule has 0 atom stereocenters. The van der Waals surface area contributed by atoms with Crippen molar-refractivity contribution >= 4 is 40.9 Å². The topological polar surface area (TPSA) is 58.6 Å². The van der Waals surface area contributed by atoms with Gasteiger partial charge in [0, 0.05) is 17.0 Å². The Balaban J connectivity index is 1.89. The number of benzene rings is 2. The first-order valence-corrected chi connectivity index (χ1v) is 9.33. The smallest absolute Gasteiger partial charge is 0.244 e. The predicted molar refractivity (Wildman–Crippen MR) is 106 cm³/mol. The zero-order valence-electron chi connectivity index (χ0n) is 14.9. The first kappa shape index (κ1) is 20.1. The van der Waals surface area contributed by atoms with Crippen LogP contribution in [0.5, 0.6) is 5.75 Å². The number of ether oxygens (including phenoxy) is 1. The SMILES string of the molecule is COc1ccc(Cl)cc1NC(=O)CN(C)C(=O)CSc1ccccc1C. The minimum absolute atomic E-state index is 0.0527. The Morgan fingerprint density at radius 1 is 1.23 bits per heavy atom. The average molecular weight is 393 g/mol. The molecule has 0 fully saturated rings. The summed E-state index contributed by atoms with van der Waals surface area (Å²) < 4.78 is 5.20. The first-order chi connectivity index (χ1) is 12.4. The van der Waals surface area contributed by atoms with Crippen LogP contribution in [0.15, 0.2) is 47.4 Å². The molecule has 0 saturated carbocycles. The number of amides is 2. The Bertz CT molecular complexity index is 798. The third-order valence-corrected chi connectivity index (χ3v) is 5.08. The Morgan fingerprint density at radius 2 is 1.96 bits per heavy atom. The highest BCUT2D eigenvalue weighted by atomic mass is 35.5. The van der Waals surface area contributed by atoms with E-state index in [-0.39, 0.29) is 24.1 Å². The number of anilines is 1. The number of carbonyl (C=O) groups is 2. The van der Waals surface area contributed by atoms with Crippen LogP contribution in [0.1, 0.15) is 5.56 Å². The van der Waals surface area contributed by atoms with Crippen LogP contribution in [0.25, 0.3) is 0 Å². The van der Waals surface area contributed by atoms with Gasteiger partial charge in [0.25, 0.3) is 0 Å². The standard InChI is InChI=1S/C19H21ClN2O3S/c1-13-6-4-5-7-17(13)26-12-19(24)22(2)11-18(23)21-15-10-14(20)8-9-16(15)25-3/h4-10H,11-12H2,1-3H3,(H,21,23). The molecule has 7 heteroatoms. The molecule has 0 spiro atoms. The minimum atomic E-state index is -0.317. The number of thioether (sulfide) groups is 1. The van der Waals surface area contributed by atoms with Crippen molar-refractivity contribution in [1.29, 1.82) is 0 Å². The summed E-state index contributed by atoms with van der Waals surface area (Å²) in [5, 5.41) is 3.21. The number of nitrogens with zero attached hydrogens (tertiary/aromatic N) is 1. The predicted octanol–water partition coefficient (Wildman–Crippen LogP) is 3.85. The molecule has 0 heterocycles. The van der Waals surface area contributed by atoms with E-state index in [4.69, 9.17) is 16.3 Å². The van der Waals surface area contributed by atoms with Crippen LogP contribution in [-0.2, 0) is 9.59 Å². The number of aryl methyl sites for hydroxylation is 1. The summed E-state index contributed by atoms with van der Waals surface area (Å²) in [6, 6.07) is 12.8. The first-order valence-electron chi connectivity index (χ1n) is 7.96. The van der Waals surface area contributed by atoms with Crippen molar-refractivity contribution in [2.45, 2.75) is 11.8 Å². The van der Waals surface area contributed by atoms with E-state index in [2.05, 4.69) is 5.32 Å². The fourth-order valence-electron chi connectivity index (χ4n) is 2.24. The highest BCUT2D eigenvalue weighted by Crippen LogP contribution is 2.27. The highest BCUT2D eigenvalue weighted by Gasteiger charge is 2.15. The fourth-order valence-corrected chi connectivity index (χ4v) is 3.38. The Kier molecular flexibility index (Phi) is 7.36. The zero-order valence-corrected chi connectivity index (χ0v) is 16.5. The van der Waals surface area contributed by atoms with Crippen LogP contribution in [0, 0.1) is 6.92 Å². The minimum Gasteiger partial charge on any atom is -0.495 e. The maximum absolute atomic E-state index is 12.3. The van der Waals surface area contributed by atoms with Gasteiger partial charge in [-0.2, -0.15) is 0 Å². The maximum atomic E-state index is 12.3. The van der Waals surface area contributed by atoms with E-state index in [9.17, 15) is 9.59 Å². The molecule has 1 N–H and O–H groups in total. The lowest BCUT2D eigenvalue weighted by Crippen LogP contribution is -2.36. The second-order valence-electron chi connectivity index (χ2n) is 5.70. The Hall–Kier alpha value is -2.18. The average Bonchev–Trinajstić information content (AvgIpc) is 2.60. The lowest BCUT2D eigenvalue weighted by atomic mass is 10.2. The zero-order chi connectivity index (χ0) is 19.1. The largest absolute Gasteiger partial charge is 0.495 e. The molecular weight excluding hydrogens is 372 g/mol. The van der Waals surface area contributed by atoms with Gasteiger partial charge in [0.2, 0.25) is 11.8 Å². The summed E-state index contributed by atoms with van der Waals surface area (Å²) in [6.07, 6.45) is 0. The monoisotopic (exact) mass is 392 g/mol. The molecule has 0 aliphatic carbocycles. The molecule has 2 rings (SSSR count). The fraction of sp³-hybridized carbons (Fsp3) is 0.263. The third kappa shape index (κ3) is 5.68. The van der Waals surface area contributed by atoms with Crippen LogP contribution in [-0.4, -0.2) is 43.2 Å². The molecule has 0 bridgehead atoms. The molecule has 0 unspecified atom stereocenters. The summed E-state index contributed by atoms with van der Waals surface area (Å²) in [7, 11) is 3.12. The molecular formula is C19H21ClN2O3S. The second-order valence-corrected chi connectivity index (χ2v) is 7.15. The van der Waals surface area contributed by atoms with E-state index in [1.165, 1.54) is 23.8 Å². The van der Waals surface area contributed by atoms with Gasteiger partial charge in [-0.3, -0.25) is 9.59 Å². The molecule has 0 aliphatic heterocycles. The van der Waals surface area contributed by atoms with Gasteiger partial charge in [-0.05, 0) is 36.8 Å². The summed E-state index contributed by atoms with van der Waals surface area (Å²) in [5.74, 6) is 0.343. The van der Waals surface area contributed by atoms with Crippen molar-refractivity contribution < 1.29 is 14.3 Å². The van der Waals surface area contributed by atoms with Crippen LogP contribution >= 0.6 is 23.4 Å². The van der Waals surface area contributed by atoms with Crippen molar-refractivity contribution in [1.82, 2.24) is 4.90 Å². The molecule has 2 aromatic carbocycles. The number of hydrogen-bond donors (Lipinski definition) is 1. The number of halogens is 1. The summed E-state index contributed by atoms with van der Waals surface area (Å²) in [5.41, 5.74) is 1.60. The van der Waals surface area contributed by atoms with Crippen molar-refractivity contribution in [2.24, 2.45) is 0 Å². The second kappa shape index (κ2) is 9.50. The van der Waals surface area contributed by atoms with E-state index in [1.807, 2.05) is 31.2 Å². The van der Waals surface area contributed by atoms with E-state index < -0.39 is 0 Å². The lowest BCUT2D eigenvalue weighted by Gasteiger charge is -2.17. The molecule has 26 heavy (non-hydrogen) atoms. The molecule has 0 saturated heterocycles. The van der Waals surface area contributed by atoms with E-state index in [0.717, 1.165) is 10.5 Å². The van der Waals surface area contributed by atoms with Gasteiger partial charge in [0.15, 0.2) is 0 Å². The van der Waals surface area contributed by atoms with Crippen molar-refractivity contribution in [3.63, 3.8) is 0 Å². The Labute approximate surface area is 162 Å². The molecule has 2 amide bonds. The number of nitrogens with one attached hydrogen (secondary N) is 1. The molecule has 0 radical (unpaired) electrons. The summed E-state index contributed by atoms with van der Waals surface area (Å²) in [4.78, 5) is 27.0. The van der Waals surface area contributed by atoms with Gasteiger partial charge < -0.3 is 15.0 Å². The number of methoxy groups -OCH3 is 1. The third-order valence-electron chi connectivity index (χ3n) is 3.69.